The first kappa shape index (κ1) is 10.2. The molecule has 3 heterocycles. The molecular weight excluding hydrogens is 222 g/mol. The van der Waals surface area contributed by atoms with Gasteiger partial charge in [0.15, 0.2) is 5.82 Å². The third-order valence-electron chi connectivity index (χ3n) is 2.97. The Kier molecular flexibility index (Phi) is 2.61. The molecule has 1 saturated heterocycles. The second-order valence-electron chi connectivity index (χ2n) is 4.27. The molecule has 86 valence electrons. The Morgan fingerprint density at radius 3 is 2.81 bits per heavy atom. The maximum Gasteiger partial charge on any atom is 0.234 e. The minimum atomic E-state index is 0.879. The van der Waals surface area contributed by atoms with Crippen molar-refractivity contribution in [2.24, 2.45) is 0 Å². The van der Waals surface area contributed by atoms with Crippen LogP contribution in [-0.2, 0) is 6.54 Å². The summed E-state index contributed by atoms with van der Waals surface area (Å²) < 4.78 is 1.88. The van der Waals surface area contributed by atoms with Gasteiger partial charge >= 0.3 is 0 Å². The van der Waals surface area contributed by atoms with Crippen LogP contribution in [-0.4, -0.2) is 37.8 Å². The van der Waals surface area contributed by atoms with Crippen molar-refractivity contribution in [1.29, 1.82) is 0 Å². The molecule has 0 spiro atoms. The summed E-state index contributed by atoms with van der Waals surface area (Å²) in [5.74, 6) is 0.973. The second kappa shape index (κ2) is 4.10. The minimum Gasteiger partial charge on any atom is -0.296 e. The van der Waals surface area contributed by atoms with Gasteiger partial charge in [-0.25, -0.2) is 0 Å². The standard InChI is InChI=1S/C10H15N5S/c1-8-13-15-9(11-12-10(15)16-8)7-14-5-3-2-4-6-14/h2-7H2,1H3. The lowest BCUT2D eigenvalue weighted by atomic mass is 10.1. The lowest BCUT2D eigenvalue weighted by Crippen LogP contribution is -2.30. The van der Waals surface area contributed by atoms with Crippen LogP contribution in [0.1, 0.15) is 30.1 Å². The van der Waals surface area contributed by atoms with E-state index in [1.54, 1.807) is 11.3 Å². The molecule has 0 radical (unpaired) electrons. The average molecular weight is 237 g/mol. The van der Waals surface area contributed by atoms with Gasteiger partial charge < -0.3 is 0 Å². The molecule has 2 aromatic rings. The van der Waals surface area contributed by atoms with Crippen molar-refractivity contribution in [2.45, 2.75) is 32.7 Å². The third kappa shape index (κ3) is 1.82. The van der Waals surface area contributed by atoms with Gasteiger partial charge in [-0.2, -0.15) is 9.61 Å². The largest absolute Gasteiger partial charge is 0.296 e. The Balaban J connectivity index is 1.82. The number of rotatable bonds is 2. The fourth-order valence-corrected chi connectivity index (χ4v) is 2.87. The van der Waals surface area contributed by atoms with E-state index in [1.807, 2.05) is 11.4 Å². The molecule has 1 aliphatic heterocycles. The molecule has 16 heavy (non-hydrogen) atoms. The summed E-state index contributed by atoms with van der Waals surface area (Å²) in [6.07, 6.45) is 3.97. The van der Waals surface area contributed by atoms with Gasteiger partial charge in [0.2, 0.25) is 4.96 Å². The van der Waals surface area contributed by atoms with E-state index < -0.39 is 0 Å². The number of likely N-dealkylation sites (tertiary alicyclic amines) is 1. The Bertz CT molecular complexity index is 482. The van der Waals surface area contributed by atoms with Crippen molar-refractivity contribution in [3.05, 3.63) is 10.8 Å². The number of aryl methyl sites for hydroxylation is 1. The number of nitrogens with zero attached hydrogens (tertiary/aromatic N) is 5. The predicted octanol–water partition coefficient (Wildman–Crippen LogP) is 1.48. The van der Waals surface area contributed by atoms with Gasteiger partial charge in [-0.15, -0.1) is 10.2 Å². The van der Waals surface area contributed by atoms with Crippen LogP contribution in [0, 0.1) is 6.92 Å². The quantitative estimate of drug-likeness (QED) is 0.793. The summed E-state index contributed by atoms with van der Waals surface area (Å²) in [6, 6.07) is 0. The Morgan fingerprint density at radius 1 is 1.19 bits per heavy atom. The molecule has 1 fully saturated rings. The zero-order valence-electron chi connectivity index (χ0n) is 9.39. The molecule has 0 amide bonds. The van der Waals surface area contributed by atoms with Crippen LogP contribution in [0.5, 0.6) is 0 Å². The van der Waals surface area contributed by atoms with E-state index in [-0.39, 0.29) is 0 Å². The highest BCUT2D eigenvalue weighted by Crippen LogP contribution is 2.15. The van der Waals surface area contributed by atoms with Crippen molar-refractivity contribution < 1.29 is 0 Å². The number of aromatic nitrogens is 4. The van der Waals surface area contributed by atoms with E-state index in [2.05, 4.69) is 20.2 Å². The lowest BCUT2D eigenvalue weighted by Gasteiger charge is -2.25. The molecule has 6 heteroatoms. The van der Waals surface area contributed by atoms with Crippen LogP contribution in [0.15, 0.2) is 0 Å². The van der Waals surface area contributed by atoms with Gasteiger partial charge in [0.05, 0.1) is 6.54 Å². The Hall–Kier alpha value is -1.01. The Labute approximate surface area is 98.1 Å². The van der Waals surface area contributed by atoms with Gasteiger partial charge in [-0.3, -0.25) is 4.90 Å². The summed E-state index contributed by atoms with van der Waals surface area (Å²) in [7, 11) is 0. The maximum absolute atomic E-state index is 4.42. The molecule has 2 aromatic heterocycles. The van der Waals surface area contributed by atoms with Crippen LogP contribution in [0.4, 0.5) is 0 Å². The summed E-state index contributed by atoms with van der Waals surface area (Å²) >= 11 is 1.59. The van der Waals surface area contributed by atoms with E-state index >= 15 is 0 Å². The van der Waals surface area contributed by atoms with Gasteiger partial charge in [0.25, 0.3) is 0 Å². The normalized spacial score (nSPS) is 18.3. The molecule has 1 aliphatic rings. The number of fused-ring (bicyclic) bond motifs is 1. The number of hydrogen-bond acceptors (Lipinski definition) is 5. The maximum atomic E-state index is 4.42. The zero-order valence-corrected chi connectivity index (χ0v) is 10.2. The van der Waals surface area contributed by atoms with Gasteiger partial charge in [0, 0.05) is 0 Å². The first-order chi connectivity index (χ1) is 7.83. The second-order valence-corrected chi connectivity index (χ2v) is 5.43. The molecule has 0 aromatic carbocycles. The summed E-state index contributed by atoms with van der Waals surface area (Å²) in [5.41, 5.74) is 0. The first-order valence-corrected chi connectivity index (χ1v) is 6.55. The van der Waals surface area contributed by atoms with Gasteiger partial charge in [-0.1, -0.05) is 17.8 Å². The third-order valence-corrected chi connectivity index (χ3v) is 3.78. The first-order valence-electron chi connectivity index (χ1n) is 5.73. The van der Waals surface area contributed by atoms with Crippen molar-refractivity contribution in [1.82, 2.24) is 24.7 Å². The van der Waals surface area contributed by atoms with Crippen molar-refractivity contribution in [3.63, 3.8) is 0 Å². The van der Waals surface area contributed by atoms with E-state index in [9.17, 15) is 0 Å². The van der Waals surface area contributed by atoms with Crippen LogP contribution in [0.2, 0.25) is 0 Å². The van der Waals surface area contributed by atoms with Crippen molar-refractivity contribution in [2.75, 3.05) is 13.1 Å². The van der Waals surface area contributed by atoms with Crippen LogP contribution >= 0.6 is 11.3 Å². The van der Waals surface area contributed by atoms with Gasteiger partial charge in [-0.05, 0) is 32.9 Å². The average Bonchev–Trinajstić information content (AvgIpc) is 2.81. The highest BCUT2D eigenvalue weighted by Gasteiger charge is 2.15. The molecule has 0 unspecified atom stereocenters. The van der Waals surface area contributed by atoms with Crippen LogP contribution in [0.25, 0.3) is 4.96 Å². The highest BCUT2D eigenvalue weighted by atomic mass is 32.1. The molecule has 0 saturated carbocycles. The molecule has 0 N–H and O–H groups in total. The van der Waals surface area contributed by atoms with Crippen LogP contribution in [0.3, 0.4) is 0 Å². The monoisotopic (exact) mass is 237 g/mol. The van der Waals surface area contributed by atoms with E-state index in [0.29, 0.717) is 0 Å². The SMILES string of the molecule is Cc1nn2c(CN3CCCCC3)nnc2s1. The van der Waals surface area contributed by atoms with Crippen molar-refractivity contribution >= 4 is 16.3 Å². The van der Waals surface area contributed by atoms with Gasteiger partial charge in [0.1, 0.15) is 5.01 Å². The number of hydrogen-bond donors (Lipinski definition) is 0. The summed E-state index contributed by atoms with van der Waals surface area (Å²) in [4.78, 5) is 3.35. The molecule has 0 atom stereocenters. The van der Waals surface area contributed by atoms with E-state index in [1.165, 1.54) is 32.4 Å². The summed E-state index contributed by atoms with van der Waals surface area (Å²) in [5, 5.41) is 13.8. The van der Waals surface area contributed by atoms with Crippen molar-refractivity contribution in [3.8, 4) is 0 Å². The minimum absolute atomic E-state index is 0.879. The van der Waals surface area contributed by atoms with Crippen LogP contribution < -0.4 is 0 Å². The molecule has 0 bridgehead atoms. The van der Waals surface area contributed by atoms with E-state index in [4.69, 9.17) is 0 Å². The van der Waals surface area contributed by atoms with E-state index in [0.717, 1.165) is 22.3 Å². The molecule has 0 aliphatic carbocycles. The number of piperidine rings is 1. The smallest absolute Gasteiger partial charge is 0.234 e. The molecule has 3 rings (SSSR count). The summed E-state index contributed by atoms with van der Waals surface area (Å²) in [6.45, 7) is 5.24. The molecule has 5 nitrogen and oxygen atoms in total. The Morgan fingerprint density at radius 2 is 2.00 bits per heavy atom. The predicted molar refractivity (Wildman–Crippen MR) is 62.5 cm³/mol. The highest BCUT2D eigenvalue weighted by molar-refractivity contribution is 7.16. The topological polar surface area (TPSA) is 46.3 Å². The fraction of sp³-hybridized carbons (Fsp3) is 0.700. The lowest BCUT2D eigenvalue weighted by molar-refractivity contribution is 0.214. The fourth-order valence-electron chi connectivity index (χ4n) is 2.17. The molecular formula is C10H15N5S. The zero-order chi connectivity index (χ0) is 11.0.